The van der Waals surface area contributed by atoms with Crippen molar-refractivity contribution in [1.29, 1.82) is 0 Å². The quantitative estimate of drug-likeness (QED) is 0.114. The van der Waals surface area contributed by atoms with Crippen LogP contribution in [0.2, 0.25) is 0 Å². The second kappa shape index (κ2) is 7.71. The normalized spacial score (nSPS) is 11.6. The first kappa shape index (κ1) is 21.2. The summed E-state index contributed by atoms with van der Waals surface area (Å²) in [6.45, 7) is 0. The number of nitrogens with zero attached hydrogens (tertiary/aromatic N) is 1. The summed E-state index contributed by atoms with van der Waals surface area (Å²) in [6.07, 6.45) is 0. The zero-order valence-corrected chi connectivity index (χ0v) is 19.0. The molecule has 1 nitrogen and oxygen atoms in total. The molecular weight excluding hydrogens is 557 g/mol. The average molecular weight is 567 g/mol. The largest absolute Gasteiger partial charge is 0.309 e. The molecule has 1 aromatic heterocycles. The van der Waals surface area contributed by atoms with Crippen LogP contribution in [-0.4, -0.2) is 4.57 Å². The van der Waals surface area contributed by atoms with E-state index in [1.165, 1.54) is 12.1 Å². The molecule has 0 aliphatic rings. The molecule has 0 spiro atoms. The van der Waals surface area contributed by atoms with Crippen molar-refractivity contribution in [2.75, 3.05) is 0 Å². The molecule has 5 rings (SSSR count). The van der Waals surface area contributed by atoms with Crippen molar-refractivity contribution in [3.05, 3.63) is 98.7 Å². The number of fused-ring (bicyclic) bond motifs is 3. The Labute approximate surface area is 195 Å². The van der Waals surface area contributed by atoms with Crippen LogP contribution in [0.15, 0.2) is 69.6 Å². The Balaban J connectivity index is 1.72. The van der Waals surface area contributed by atoms with E-state index in [0.717, 1.165) is 30.8 Å². The van der Waals surface area contributed by atoms with E-state index in [-0.39, 0.29) is 5.56 Å². The van der Waals surface area contributed by atoms with Gasteiger partial charge in [0.2, 0.25) is 5.82 Å². The van der Waals surface area contributed by atoms with Crippen LogP contribution < -0.4 is 0 Å². The van der Waals surface area contributed by atoms with Gasteiger partial charge in [-0.25, -0.2) is 22.0 Å². The molecule has 0 aliphatic heterocycles. The molecule has 0 saturated carbocycles. The first-order valence-electron chi connectivity index (χ1n) is 9.29. The predicted octanol–water partition coefficient (Wildman–Crippen LogP) is 8.67. The maximum Gasteiger partial charge on any atom is 0.200 e. The molecule has 0 N–H and O–H groups in total. The highest BCUT2D eigenvalue weighted by atomic mass is 79.9. The molecule has 32 heavy (non-hydrogen) atoms. The van der Waals surface area contributed by atoms with E-state index in [1.807, 2.05) is 41.0 Å². The van der Waals surface area contributed by atoms with E-state index in [9.17, 15) is 22.0 Å². The molecule has 0 unspecified atom stereocenters. The van der Waals surface area contributed by atoms with Crippen molar-refractivity contribution in [3.63, 3.8) is 0 Å². The summed E-state index contributed by atoms with van der Waals surface area (Å²) in [5, 5.41) is 1.97. The number of rotatable bonds is 2. The summed E-state index contributed by atoms with van der Waals surface area (Å²) in [4.78, 5) is 0. The Kier molecular flexibility index (Phi) is 5.09. The fraction of sp³-hybridized carbons (Fsp3) is 0. The van der Waals surface area contributed by atoms with Crippen molar-refractivity contribution < 1.29 is 22.0 Å². The molecule has 0 bridgehead atoms. The second-order valence-corrected chi connectivity index (χ2v) is 8.98. The van der Waals surface area contributed by atoms with Crippen molar-refractivity contribution in [2.45, 2.75) is 0 Å². The number of benzene rings is 4. The van der Waals surface area contributed by atoms with Crippen LogP contribution in [-0.2, 0) is 0 Å². The minimum Gasteiger partial charge on any atom is -0.309 e. The lowest BCUT2D eigenvalue weighted by atomic mass is 10.0. The van der Waals surface area contributed by atoms with E-state index in [0.29, 0.717) is 5.69 Å². The maximum absolute atomic E-state index is 14.2. The van der Waals surface area contributed by atoms with E-state index in [4.69, 9.17) is 0 Å². The van der Waals surface area contributed by atoms with Crippen LogP contribution >= 0.6 is 31.9 Å². The molecule has 4 aromatic carbocycles. The van der Waals surface area contributed by atoms with Gasteiger partial charge < -0.3 is 4.57 Å². The van der Waals surface area contributed by atoms with Gasteiger partial charge in [0.15, 0.2) is 23.3 Å². The fourth-order valence-corrected chi connectivity index (χ4v) is 4.60. The highest BCUT2D eigenvalue weighted by Crippen LogP contribution is 2.36. The molecular formula is C24H10Br2F5N. The van der Waals surface area contributed by atoms with Gasteiger partial charge in [-0.3, -0.25) is 0 Å². The first-order valence-corrected chi connectivity index (χ1v) is 10.9. The second-order valence-electron chi connectivity index (χ2n) is 7.15. The van der Waals surface area contributed by atoms with Crippen LogP contribution in [0.4, 0.5) is 22.0 Å². The molecule has 160 valence electrons. The number of halogens is 7. The lowest BCUT2D eigenvalue weighted by Gasteiger charge is -2.11. The molecule has 1 heterocycles. The van der Waals surface area contributed by atoms with Crippen molar-refractivity contribution in [3.8, 4) is 16.8 Å². The minimum atomic E-state index is -2.18. The molecule has 0 amide bonds. The first-order chi connectivity index (χ1) is 15.3. The molecule has 0 saturated heterocycles. The highest BCUT2D eigenvalue weighted by molar-refractivity contribution is 9.10. The van der Waals surface area contributed by atoms with Crippen LogP contribution in [0.5, 0.6) is 0 Å². The smallest absolute Gasteiger partial charge is 0.200 e. The summed E-state index contributed by atoms with van der Waals surface area (Å²) in [5.74, 6) is -9.84. The average Bonchev–Trinajstić information content (AvgIpc) is 3.10. The summed E-state index contributed by atoms with van der Waals surface area (Å²) < 4.78 is 72.9. The lowest BCUT2D eigenvalue weighted by molar-refractivity contribution is 0.381. The Morgan fingerprint density at radius 2 is 0.969 bits per heavy atom. The zero-order valence-electron chi connectivity index (χ0n) is 15.9. The van der Waals surface area contributed by atoms with E-state index < -0.39 is 34.6 Å². The fourth-order valence-electron chi connectivity index (χ4n) is 3.88. The predicted molar refractivity (Wildman–Crippen MR) is 121 cm³/mol. The van der Waals surface area contributed by atoms with Gasteiger partial charge in [-0.1, -0.05) is 44.0 Å². The zero-order chi connectivity index (χ0) is 22.7. The van der Waals surface area contributed by atoms with Gasteiger partial charge in [0.25, 0.3) is 0 Å². The molecule has 0 fully saturated rings. The van der Waals surface area contributed by atoms with Crippen molar-refractivity contribution >= 4 is 53.7 Å². The minimum absolute atomic E-state index is 0.118. The van der Waals surface area contributed by atoms with Gasteiger partial charge >= 0.3 is 0 Å². The Hall–Kier alpha value is -2.71. The monoisotopic (exact) mass is 565 g/mol. The van der Waals surface area contributed by atoms with Crippen LogP contribution in [0.25, 0.3) is 38.6 Å². The van der Waals surface area contributed by atoms with E-state index >= 15 is 0 Å². The van der Waals surface area contributed by atoms with Gasteiger partial charge in [0, 0.05) is 25.4 Å². The van der Waals surface area contributed by atoms with Gasteiger partial charge in [-0.15, -0.1) is 0 Å². The molecule has 8 heteroatoms. The standard InChI is InChI=1S/C24H10Br2F5N/c25-12-3-7-17-15(9-12)16-10-13(26)4-8-18(16)32(17)14-5-1-11(2-6-14)19-20(27)22(29)24(31)23(30)21(19)28/h1-10H. The van der Waals surface area contributed by atoms with Gasteiger partial charge in [0.1, 0.15) is 0 Å². The van der Waals surface area contributed by atoms with Crippen LogP contribution in [0, 0.1) is 29.1 Å². The summed E-state index contributed by atoms with van der Waals surface area (Å²) in [5.41, 5.74) is 1.38. The lowest BCUT2D eigenvalue weighted by Crippen LogP contribution is -2.04. The van der Waals surface area contributed by atoms with Gasteiger partial charge in [0.05, 0.1) is 16.6 Å². The van der Waals surface area contributed by atoms with Crippen LogP contribution in [0.3, 0.4) is 0 Å². The highest BCUT2D eigenvalue weighted by Gasteiger charge is 2.26. The number of hydrogen-bond donors (Lipinski definition) is 0. The van der Waals surface area contributed by atoms with Crippen molar-refractivity contribution in [2.24, 2.45) is 0 Å². The number of hydrogen-bond acceptors (Lipinski definition) is 0. The van der Waals surface area contributed by atoms with Gasteiger partial charge in [-0.05, 0) is 54.1 Å². The molecule has 5 aromatic rings. The SMILES string of the molecule is Fc1c(F)c(F)c(-c2ccc(-n3c4ccc(Br)cc4c4cc(Br)ccc43)cc2)c(F)c1F. The third-order valence-corrected chi connectivity index (χ3v) is 6.30. The van der Waals surface area contributed by atoms with Gasteiger partial charge in [-0.2, -0.15) is 0 Å². The molecule has 0 aliphatic carbocycles. The third-order valence-electron chi connectivity index (χ3n) is 5.31. The van der Waals surface area contributed by atoms with E-state index in [1.54, 1.807) is 12.1 Å². The van der Waals surface area contributed by atoms with Crippen molar-refractivity contribution in [1.82, 2.24) is 4.57 Å². The topological polar surface area (TPSA) is 4.93 Å². The Morgan fingerprint density at radius 3 is 1.44 bits per heavy atom. The van der Waals surface area contributed by atoms with Crippen LogP contribution in [0.1, 0.15) is 0 Å². The summed E-state index contributed by atoms with van der Waals surface area (Å²) >= 11 is 6.98. The summed E-state index contributed by atoms with van der Waals surface area (Å²) in [7, 11) is 0. The number of aromatic nitrogens is 1. The van der Waals surface area contributed by atoms with E-state index in [2.05, 4.69) is 31.9 Å². The Bertz CT molecular complexity index is 1450. The molecule has 0 atom stereocenters. The molecule has 0 radical (unpaired) electrons. The summed E-state index contributed by atoms with van der Waals surface area (Å²) in [6, 6.07) is 17.5. The Morgan fingerprint density at radius 1 is 0.531 bits per heavy atom. The maximum atomic E-state index is 14.2. The third kappa shape index (κ3) is 3.16.